The standard InChI is InChI=1S/C20H22ClFN2O3/c1-14(21)20(26)24(17-8-9-17)13-19(25)23(12-18-3-2-10-27-18)11-15-4-6-16(22)7-5-15/h2-7,10,14,17H,8-9,11-13H2,1H3. The van der Waals surface area contributed by atoms with Gasteiger partial charge < -0.3 is 14.2 Å². The van der Waals surface area contributed by atoms with Gasteiger partial charge in [-0.25, -0.2) is 4.39 Å². The van der Waals surface area contributed by atoms with E-state index in [1.165, 1.54) is 12.1 Å². The number of amides is 2. The first-order valence-corrected chi connectivity index (χ1v) is 9.37. The van der Waals surface area contributed by atoms with Crippen LogP contribution in [0, 0.1) is 5.82 Å². The van der Waals surface area contributed by atoms with Gasteiger partial charge in [0.15, 0.2) is 0 Å². The summed E-state index contributed by atoms with van der Waals surface area (Å²) in [5, 5.41) is -0.672. The second kappa shape index (κ2) is 8.57. The van der Waals surface area contributed by atoms with E-state index in [4.69, 9.17) is 16.0 Å². The molecule has 1 unspecified atom stereocenters. The van der Waals surface area contributed by atoms with Crippen molar-refractivity contribution in [1.29, 1.82) is 0 Å². The van der Waals surface area contributed by atoms with Gasteiger partial charge in [-0.05, 0) is 49.6 Å². The van der Waals surface area contributed by atoms with E-state index in [9.17, 15) is 14.0 Å². The molecule has 0 spiro atoms. The van der Waals surface area contributed by atoms with Gasteiger partial charge in [-0.3, -0.25) is 9.59 Å². The van der Waals surface area contributed by atoms with Crippen molar-refractivity contribution in [3.05, 3.63) is 59.8 Å². The number of furan rings is 1. The van der Waals surface area contributed by atoms with Gasteiger partial charge in [-0.15, -0.1) is 11.6 Å². The monoisotopic (exact) mass is 392 g/mol. The van der Waals surface area contributed by atoms with Crippen molar-refractivity contribution >= 4 is 23.4 Å². The van der Waals surface area contributed by atoms with Crippen molar-refractivity contribution in [2.75, 3.05) is 6.54 Å². The largest absolute Gasteiger partial charge is 0.467 e. The Bertz CT molecular complexity index is 773. The minimum absolute atomic E-state index is 0.0253. The topological polar surface area (TPSA) is 53.8 Å². The van der Waals surface area contributed by atoms with Gasteiger partial charge in [0.05, 0.1) is 12.8 Å². The zero-order valence-electron chi connectivity index (χ0n) is 15.1. The molecule has 3 rings (SSSR count). The number of hydrogen-bond donors (Lipinski definition) is 0. The minimum atomic E-state index is -0.672. The fourth-order valence-corrected chi connectivity index (χ4v) is 3.01. The maximum absolute atomic E-state index is 13.2. The molecule has 1 saturated carbocycles. The first kappa shape index (κ1) is 19.4. The summed E-state index contributed by atoms with van der Waals surface area (Å²) in [7, 11) is 0. The van der Waals surface area contributed by atoms with E-state index in [0.29, 0.717) is 12.3 Å². The lowest BCUT2D eigenvalue weighted by Gasteiger charge is -2.28. The summed E-state index contributed by atoms with van der Waals surface area (Å²) in [5.74, 6) is -0.120. The zero-order chi connectivity index (χ0) is 19.4. The van der Waals surface area contributed by atoms with Crippen LogP contribution in [0.15, 0.2) is 47.1 Å². The first-order valence-electron chi connectivity index (χ1n) is 8.93. The third-order valence-corrected chi connectivity index (χ3v) is 4.67. The molecule has 1 aromatic carbocycles. The third kappa shape index (κ3) is 5.32. The number of rotatable bonds is 8. The highest BCUT2D eigenvalue weighted by Crippen LogP contribution is 2.28. The summed E-state index contributed by atoms with van der Waals surface area (Å²) >= 11 is 5.95. The molecule has 0 radical (unpaired) electrons. The SMILES string of the molecule is CC(Cl)C(=O)N(CC(=O)N(Cc1ccc(F)cc1)Cc1ccco1)C1CC1. The predicted molar refractivity (Wildman–Crippen MR) is 99.4 cm³/mol. The Labute approximate surface area is 162 Å². The number of nitrogens with zero attached hydrogens (tertiary/aromatic N) is 2. The molecule has 0 N–H and O–H groups in total. The summed E-state index contributed by atoms with van der Waals surface area (Å²) in [4.78, 5) is 28.5. The van der Waals surface area contributed by atoms with Crippen LogP contribution in [-0.2, 0) is 22.7 Å². The fraction of sp³-hybridized carbons (Fsp3) is 0.400. The Kier molecular flexibility index (Phi) is 6.16. The van der Waals surface area contributed by atoms with Crippen molar-refractivity contribution in [2.24, 2.45) is 0 Å². The van der Waals surface area contributed by atoms with Gasteiger partial charge in [0.25, 0.3) is 0 Å². The van der Waals surface area contributed by atoms with Gasteiger partial charge in [-0.2, -0.15) is 0 Å². The van der Waals surface area contributed by atoms with Crippen LogP contribution in [0.25, 0.3) is 0 Å². The highest BCUT2D eigenvalue weighted by molar-refractivity contribution is 6.30. The summed E-state index contributed by atoms with van der Waals surface area (Å²) in [6.07, 6.45) is 3.32. The molecule has 0 bridgehead atoms. The number of alkyl halides is 1. The molecule has 1 aliphatic rings. The van der Waals surface area contributed by atoms with Gasteiger partial charge >= 0.3 is 0 Å². The Morgan fingerprint density at radius 3 is 2.48 bits per heavy atom. The van der Waals surface area contributed by atoms with Crippen LogP contribution in [-0.4, -0.2) is 39.6 Å². The van der Waals surface area contributed by atoms with Gasteiger partial charge in [0, 0.05) is 12.6 Å². The zero-order valence-corrected chi connectivity index (χ0v) is 15.9. The Balaban J connectivity index is 1.74. The Morgan fingerprint density at radius 2 is 1.93 bits per heavy atom. The van der Waals surface area contributed by atoms with E-state index in [0.717, 1.165) is 18.4 Å². The van der Waals surface area contributed by atoms with Crippen LogP contribution >= 0.6 is 11.6 Å². The van der Waals surface area contributed by atoms with Crippen molar-refractivity contribution in [3.63, 3.8) is 0 Å². The lowest BCUT2D eigenvalue weighted by molar-refractivity contribution is -0.141. The maximum Gasteiger partial charge on any atom is 0.242 e. The van der Waals surface area contributed by atoms with Crippen LogP contribution in [0.3, 0.4) is 0 Å². The lowest BCUT2D eigenvalue weighted by Crippen LogP contribution is -2.45. The van der Waals surface area contributed by atoms with E-state index < -0.39 is 5.38 Å². The highest BCUT2D eigenvalue weighted by Gasteiger charge is 2.36. The van der Waals surface area contributed by atoms with Crippen LogP contribution in [0.1, 0.15) is 31.1 Å². The van der Waals surface area contributed by atoms with E-state index in [-0.39, 0.29) is 36.8 Å². The average Bonchev–Trinajstić information content (AvgIpc) is 3.36. The molecule has 5 nitrogen and oxygen atoms in total. The van der Waals surface area contributed by atoms with Gasteiger partial charge in [0.2, 0.25) is 11.8 Å². The molecular formula is C20H22ClFN2O3. The molecule has 1 atom stereocenters. The minimum Gasteiger partial charge on any atom is -0.467 e. The molecule has 1 aromatic heterocycles. The molecule has 7 heteroatoms. The van der Waals surface area contributed by atoms with Crippen LogP contribution < -0.4 is 0 Å². The predicted octanol–water partition coefficient (Wildman–Crippen LogP) is 3.57. The molecular weight excluding hydrogens is 371 g/mol. The number of hydrogen-bond acceptors (Lipinski definition) is 3. The smallest absolute Gasteiger partial charge is 0.242 e. The molecule has 0 aliphatic heterocycles. The summed E-state index contributed by atoms with van der Waals surface area (Å²) in [6.45, 7) is 2.15. The molecule has 144 valence electrons. The van der Waals surface area contributed by atoms with E-state index in [1.54, 1.807) is 47.3 Å². The molecule has 1 fully saturated rings. The van der Waals surface area contributed by atoms with Crippen LogP contribution in [0.2, 0.25) is 0 Å². The Morgan fingerprint density at radius 1 is 1.22 bits per heavy atom. The quantitative estimate of drug-likeness (QED) is 0.645. The second-order valence-electron chi connectivity index (χ2n) is 6.77. The van der Waals surface area contributed by atoms with Gasteiger partial charge in [-0.1, -0.05) is 12.1 Å². The average molecular weight is 393 g/mol. The van der Waals surface area contributed by atoms with Crippen molar-refractivity contribution in [1.82, 2.24) is 9.80 Å². The number of carbonyl (C=O) groups excluding carboxylic acids is 2. The highest BCUT2D eigenvalue weighted by atomic mass is 35.5. The summed E-state index contributed by atoms with van der Waals surface area (Å²) in [6, 6.07) is 9.63. The van der Waals surface area contributed by atoms with Crippen molar-refractivity contribution in [3.8, 4) is 0 Å². The molecule has 1 heterocycles. The van der Waals surface area contributed by atoms with Crippen molar-refractivity contribution in [2.45, 2.75) is 44.3 Å². The number of benzene rings is 1. The van der Waals surface area contributed by atoms with Crippen LogP contribution in [0.5, 0.6) is 0 Å². The van der Waals surface area contributed by atoms with Crippen molar-refractivity contribution < 1.29 is 18.4 Å². The Hall–Kier alpha value is -2.34. The molecule has 1 aliphatic carbocycles. The fourth-order valence-electron chi connectivity index (χ4n) is 2.88. The van der Waals surface area contributed by atoms with E-state index in [2.05, 4.69) is 0 Å². The van der Waals surface area contributed by atoms with E-state index >= 15 is 0 Å². The van der Waals surface area contributed by atoms with Gasteiger partial charge in [0.1, 0.15) is 23.5 Å². The summed E-state index contributed by atoms with van der Waals surface area (Å²) < 4.78 is 18.5. The molecule has 2 aromatic rings. The van der Waals surface area contributed by atoms with E-state index in [1.807, 2.05) is 0 Å². The third-order valence-electron chi connectivity index (χ3n) is 4.48. The molecule has 0 saturated heterocycles. The molecule has 2 amide bonds. The molecule has 27 heavy (non-hydrogen) atoms. The second-order valence-corrected chi connectivity index (χ2v) is 7.42. The normalized spacial score (nSPS) is 14.6. The van der Waals surface area contributed by atoms with Crippen LogP contribution in [0.4, 0.5) is 4.39 Å². The number of halogens is 2. The first-order chi connectivity index (χ1) is 12.9. The summed E-state index contributed by atoms with van der Waals surface area (Å²) in [5.41, 5.74) is 0.798. The number of carbonyl (C=O) groups is 2. The lowest BCUT2D eigenvalue weighted by atomic mass is 10.2. The maximum atomic E-state index is 13.2.